The van der Waals surface area contributed by atoms with E-state index in [4.69, 9.17) is 8.37 Å². The Morgan fingerprint density at radius 1 is 0.822 bits per heavy atom. The monoisotopic (exact) mass is 637 g/mol. The summed E-state index contributed by atoms with van der Waals surface area (Å²) < 4.78 is 48.1. The Hall–Kier alpha value is -2.00. The molecule has 1 saturated heterocycles. The van der Waals surface area contributed by atoms with Gasteiger partial charge < -0.3 is 10.2 Å². The number of rotatable bonds is 0. The third-order valence-corrected chi connectivity index (χ3v) is 14.8. The van der Waals surface area contributed by atoms with Gasteiger partial charge in [-0.15, -0.1) is 0 Å². The number of aryl methyl sites for hydroxylation is 3. The summed E-state index contributed by atoms with van der Waals surface area (Å²) in [5, 5.41) is 19.9. The number of alkyl halides is 1. The number of aliphatic hydroxyl groups is 1. The fourth-order valence-electron chi connectivity index (χ4n) is 11.7. The Kier molecular flexibility index (Phi) is 7.08. The Bertz CT molecular complexity index is 1610. The van der Waals surface area contributed by atoms with E-state index in [1.807, 2.05) is 6.07 Å². The number of phenolic OH excluding ortho intramolecular Hbond substituents is 1. The van der Waals surface area contributed by atoms with Crippen molar-refractivity contribution in [1.29, 1.82) is 0 Å². The molecule has 6 unspecified atom stereocenters. The van der Waals surface area contributed by atoms with Gasteiger partial charge in [0, 0.05) is 5.41 Å². The molecule has 0 spiro atoms. The van der Waals surface area contributed by atoms with Gasteiger partial charge in [0.05, 0.1) is 6.10 Å². The molecule has 0 aromatic heterocycles. The summed E-state index contributed by atoms with van der Waals surface area (Å²) in [7, 11) is -3.78. The minimum Gasteiger partial charge on any atom is -0.508 e. The van der Waals surface area contributed by atoms with Crippen LogP contribution in [-0.4, -0.2) is 43.1 Å². The lowest BCUT2D eigenvalue weighted by Crippen LogP contribution is -2.44. The number of benzene rings is 2. The molecule has 12 atom stereocenters. The lowest BCUT2D eigenvalue weighted by Gasteiger charge is -2.50. The van der Waals surface area contributed by atoms with Crippen LogP contribution in [0.3, 0.4) is 0 Å². The van der Waals surface area contributed by atoms with Gasteiger partial charge in [-0.25, -0.2) is 12.8 Å². The van der Waals surface area contributed by atoms with Crippen molar-refractivity contribution in [1.82, 2.24) is 0 Å². The average Bonchev–Trinajstić information content (AvgIpc) is 3.55. The van der Waals surface area contributed by atoms with Gasteiger partial charge in [0.25, 0.3) is 0 Å². The van der Waals surface area contributed by atoms with Crippen LogP contribution in [0, 0.1) is 41.4 Å². The maximum atomic E-state index is 14.1. The van der Waals surface area contributed by atoms with Gasteiger partial charge in [-0.2, -0.15) is 8.42 Å². The Morgan fingerprint density at radius 3 is 2.11 bits per heavy atom. The molecule has 0 bridgehead atoms. The van der Waals surface area contributed by atoms with Crippen LogP contribution < -0.4 is 0 Å². The molecule has 244 valence electrons. The third kappa shape index (κ3) is 4.67. The molecule has 2 aromatic rings. The van der Waals surface area contributed by atoms with Crippen LogP contribution in [0.2, 0.25) is 0 Å². The zero-order chi connectivity index (χ0) is 31.5. The zero-order valence-electron chi connectivity index (χ0n) is 26.6. The van der Waals surface area contributed by atoms with Crippen molar-refractivity contribution in [3.05, 3.63) is 64.2 Å². The number of phenols is 1. The second-order valence-corrected chi connectivity index (χ2v) is 17.2. The molecule has 45 heavy (non-hydrogen) atoms. The molecule has 2 aromatic carbocycles. The van der Waals surface area contributed by atoms with Gasteiger partial charge in [-0.1, -0.05) is 43.7 Å². The van der Waals surface area contributed by atoms with Gasteiger partial charge in [-0.05, 0) is 146 Å². The second kappa shape index (κ2) is 10.5. The maximum absolute atomic E-state index is 14.1. The first kappa shape index (κ1) is 30.3. The standard InChI is InChI=1S/C19H24O4S.C18H23FO2/c1-11-3-5-13-12(9-11)4-6-15-14(13)7-8-19(2)16(15)10-17-18(19)23-24(20,21)22-17;1-18-7-6-13-12-5-3-11(20)8-10(12)2-4-14(13)15(18)9-16(19)17(18)21/h3,5,9,14-18H,4,6-8,10H2,1-2H3;3,5,8,13-17,20-21H,2,4,6-7,9H2,1H3/t14?,15?,16?,17-,18-,19-;13?,14?,15?,16-,17+,18+/m01/s1/i;19-1. The summed E-state index contributed by atoms with van der Waals surface area (Å²) in [6.45, 7) is 6.48. The predicted molar refractivity (Wildman–Crippen MR) is 169 cm³/mol. The number of hydrogen-bond donors (Lipinski definition) is 2. The SMILES string of the molecule is C[C@]12CCC3c4ccc(O)cc4CCC3C1C[C@@H]([18F])[C@@H]2O.Cc1ccc2c(c1)CCC1C2CC[C@@]2(C)C1C[C@@H]1OS(=O)(=O)O[C@@H]12. The zero-order valence-corrected chi connectivity index (χ0v) is 27.4. The first-order valence-corrected chi connectivity index (χ1v) is 18.6. The lowest BCUT2D eigenvalue weighted by atomic mass is 9.55. The van der Waals surface area contributed by atoms with Gasteiger partial charge in [0.1, 0.15) is 24.1 Å². The smallest absolute Gasteiger partial charge is 0.400 e. The highest BCUT2D eigenvalue weighted by atomic mass is 32.3. The molecule has 8 heteroatoms. The van der Waals surface area contributed by atoms with E-state index in [1.54, 1.807) is 6.07 Å². The predicted octanol–water partition coefficient (Wildman–Crippen LogP) is 7.05. The average molecular weight is 638 g/mol. The van der Waals surface area contributed by atoms with Gasteiger partial charge in [-0.3, -0.25) is 0 Å². The molecular formula is C37H47FO6S. The van der Waals surface area contributed by atoms with Crippen molar-refractivity contribution in [2.45, 2.75) is 121 Å². The quantitative estimate of drug-likeness (QED) is 0.322. The highest BCUT2D eigenvalue weighted by Crippen LogP contribution is 2.64. The summed E-state index contributed by atoms with van der Waals surface area (Å²) in [6, 6.07) is 12.6. The van der Waals surface area contributed by atoms with Crippen molar-refractivity contribution in [3.63, 3.8) is 0 Å². The van der Waals surface area contributed by atoms with Crippen LogP contribution in [0.4, 0.5) is 4.39 Å². The van der Waals surface area contributed by atoms with E-state index in [1.165, 1.54) is 34.2 Å². The first-order valence-electron chi connectivity index (χ1n) is 17.2. The molecule has 6 nitrogen and oxygen atoms in total. The van der Waals surface area contributed by atoms with E-state index < -0.39 is 22.7 Å². The maximum Gasteiger partial charge on any atom is 0.400 e. The molecule has 7 aliphatic rings. The number of halogens is 1. The molecule has 1 aliphatic heterocycles. The number of fused-ring (bicyclic) bond motifs is 12. The normalized spacial score (nSPS) is 45.0. The van der Waals surface area contributed by atoms with E-state index in [-0.39, 0.29) is 23.0 Å². The van der Waals surface area contributed by atoms with Crippen molar-refractivity contribution in [2.24, 2.45) is 34.5 Å². The Labute approximate surface area is 267 Å². The summed E-state index contributed by atoms with van der Waals surface area (Å²) >= 11 is 0. The van der Waals surface area contributed by atoms with Gasteiger partial charge in [0.15, 0.2) is 0 Å². The summed E-state index contributed by atoms with van der Waals surface area (Å²) in [5.74, 6) is 3.33. The fourth-order valence-corrected chi connectivity index (χ4v) is 12.9. The summed E-state index contributed by atoms with van der Waals surface area (Å²) in [5.41, 5.74) is 6.69. The van der Waals surface area contributed by atoms with Gasteiger partial charge >= 0.3 is 10.4 Å². The van der Waals surface area contributed by atoms with Crippen LogP contribution in [-0.2, 0) is 31.6 Å². The molecule has 9 rings (SSSR count). The molecule has 1 heterocycles. The van der Waals surface area contributed by atoms with Crippen molar-refractivity contribution < 1.29 is 31.4 Å². The minimum absolute atomic E-state index is 0.0718. The largest absolute Gasteiger partial charge is 0.508 e. The fraction of sp³-hybridized carbons (Fsp3) is 0.676. The molecule has 4 saturated carbocycles. The molecule has 0 radical (unpaired) electrons. The number of aromatic hydroxyl groups is 1. The van der Waals surface area contributed by atoms with Crippen LogP contribution >= 0.6 is 0 Å². The van der Waals surface area contributed by atoms with E-state index in [2.05, 4.69) is 45.0 Å². The van der Waals surface area contributed by atoms with E-state index in [9.17, 15) is 23.0 Å². The van der Waals surface area contributed by atoms with Gasteiger partial charge in [0.2, 0.25) is 0 Å². The molecule has 5 fully saturated rings. The van der Waals surface area contributed by atoms with Crippen LogP contribution in [0.5, 0.6) is 5.75 Å². The third-order valence-electron chi connectivity index (χ3n) is 13.9. The molecule has 2 N–H and O–H groups in total. The second-order valence-electron chi connectivity index (χ2n) is 16.0. The van der Waals surface area contributed by atoms with Crippen LogP contribution in [0.15, 0.2) is 36.4 Å². The van der Waals surface area contributed by atoms with Crippen LogP contribution in [0.25, 0.3) is 0 Å². The summed E-state index contributed by atoms with van der Waals surface area (Å²) in [6.07, 6.45) is 7.38. The Balaban J connectivity index is 0.000000135. The van der Waals surface area contributed by atoms with Crippen molar-refractivity contribution >= 4 is 10.4 Å². The number of aliphatic hydroxyl groups excluding tert-OH is 1. The highest BCUT2D eigenvalue weighted by Gasteiger charge is 2.64. The Morgan fingerprint density at radius 2 is 1.42 bits per heavy atom. The minimum atomic E-state index is -3.78. The van der Waals surface area contributed by atoms with Crippen molar-refractivity contribution in [2.75, 3.05) is 0 Å². The van der Waals surface area contributed by atoms with Crippen LogP contribution in [0.1, 0.15) is 105 Å². The first-order chi connectivity index (χ1) is 21.4. The molecule has 0 amide bonds. The number of hydrogen-bond acceptors (Lipinski definition) is 6. The topological polar surface area (TPSA) is 93.1 Å². The molecular weight excluding hydrogens is 590 g/mol. The van der Waals surface area contributed by atoms with E-state index in [0.717, 1.165) is 51.4 Å². The lowest BCUT2D eigenvalue weighted by molar-refractivity contribution is -0.0365. The highest BCUT2D eigenvalue weighted by molar-refractivity contribution is 7.82. The van der Waals surface area contributed by atoms with E-state index in [0.29, 0.717) is 47.7 Å². The van der Waals surface area contributed by atoms with E-state index >= 15 is 0 Å². The van der Waals surface area contributed by atoms with Crippen molar-refractivity contribution in [3.8, 4) is 5.75 Å². The molecule has 6 aliphatic carbocycles. The summed E-state index contributed by atoms with van der Waals surface area (Å²) in [4.78, 5) is 0.